The number of hydrogen-bond acceptors (Lipinski definition) is 6. The summed E-state index contributed by atoms with van der Waals surface area (Å²) in [6.45, 7) is 4.83. The van der Waals surface area contributed by atoms with Crippen molar-refractivity contribution in [3.63, 3.8) is 0 Å². The van der Waals surface area contributed by atoms with Crippen molar-refractivity contribution in [2.45, 2.75) is 38.1 Å². The van der Waals surface area contributed by atoms with Gasteiger partial charge in [0.1, 0.15) is 10.6 Å². The Morgan fingerprint density at radius 2 is 1.82 bits per heavy atom. The van der Waals surface area contributed by atoms with Crippen LogP contribution in [0.4, 0.5) is 10.5 Å². The van der Waals surface area contributed by atoms with Gasteiger partial charge in [-0.2, -0.15) is 9.78 Å². The van der Waals surface area contributed by atoms with Gasteiger partial charge < -0.3 is 10.2 Å². The van der Waals surface area contributed by atoms with Gasteiger partial charge in [0.15, 0.2) is 0 Å². The standard InChI is InChI=1S/C24H29ClN6O3/c1-17-7-5-6-10-24(17)22(33)30(23(34)27-24)16-28-11-13-29(14-12-28)19-15-26-31(21(32)20(19)25)18-8-3-2-4-9-18/h2-4,8-9,15,17H,5-7,10-14,16H2,1H3,(H,27,34)/t17-,24+/m0/s1. The number of imide groups is 1. The molecule has 1 saturated carbocycles. The summed E-state index contributed by atoms with van der Waals surface area (Å²) in [7, 11) is 0. The lowest BCUT2D eigenvalue weighted by atomic mass is 9.73. The quantitative estimate of drug-likeness (QED) is 0.670. The second kappa shape index (κ2) is 9.03. The van der Waals surface area contributed by atoms with Crippen LogP contribution in [0.25, 0.3) is 5.69 Å². The van der Waals surface area contributed by atoms with Crippen molar-refractivity contribution in [3.05, 3.63) is 51.9 Å². The molecule has 2 aromatic rings. The van der Waals surface area contributed by atoms with Crippen molar-refractivity contribution >= 4 is 29.2 Å². The average molecular weight is 485 g/mol. The number of anilines is 1. The summed E-state index contributed by atoms with van der Waals surface area (Å²) >= 11 is 6.46. The second-order valence-corrected chi connectivity index (χ2v) is 9.80. The van der Waals surface area contributed by atoms with Crippen LogP contribution >= 0.6 is 11.6 Å². The van der Waals surface area contributed by atoms with E-state index in [1.54, 1.807) is 18.3 Å². The summed E-state index contributed by atoms with van der Waals surface area (Å²) in [5.74, 6) is 0.0519. The molecule has 3 amide bonds. The van der Waals surface area contributed by atoms with E-state index in [0.717, 1.165) is 19.3 Å². The van der Waals surface area contributed by atoms with Gasteiger partial charge in [-0.3, -0.25) is 14.5 Å². The van der Waals surface area contributed by atoms with Gasteiger partial charge in [-0.1, -0.05) is 49.6 Å². The summed E-state index contributed by atoms with van der Waals surface area (Å²) < 4.78 is 1.29. The van der Waals surface area contributed by atoms with Crippen molar-refractivity contribution in [2.24, 2.45) is 5.92 Å². The Kier molecular flexibility index (Phi) is 6.07. The van der Waals surface area contributed by atoms with Gasteiger partial charge in [-0.25, -0.2) is 9.69 Å². The van der Waals surface area contributed by atoms with E-state index in [4.69, 9.17) is 11.6 Å². The van der Waals surface area contributed by atoms with Crippen LogP contribution < -0.4 is 15.8 Å². The molecule has 1 spiro atoms. The van der Waals surface area contributed by atoms with E-state index in [1.165, 1.54) is 9.58 Å². The lowest BCUT2D eigenvalue weighted by Gasteiger charge is -2.38. The summed E-state index contributed by atoms with van der Waals surface area (Å²) in [6, 6.07) is 8.87. The number of amides is 3. The first-order chi connectivity index (χ1) is 16.4. The molecule has 2 saturated heterocycles. The van der Waals surface area contributed by atoms with Gasteiger partial charge >= 0.3 is 6.03 Å². The van der Waals surface area contributed by atoms with E-state index in [9.17, 15) is 14.4 Å². The number of nitrogens with zero attached hydrogens (tertiary/aromatic N) is 5. The Hall–Kier alpha value is -2.91. The zero-order valence-corrected chi connectivity index (χ0v) is 20.0. The van der Waals surface area contributed by atoms with Crippen LogP contribution in [0, 0.1) is 5.92 Å². The Morgan fingerprint density at radius 1 is 1.09 bits per heavy atom. The van der Waals surface area contributed by atoms with E-state index in [1.807, 2.05) is 23.1 Å². The largest absolute Gasteiger partial charge is 0.366 e. The van der Waals surface area contributed by atoms with Crippen molar-refractivity contribution in [3.8, 4) is 5.69 Å². The molecular formula is C24H29ClN6O3. The second-order valence-electron chi connectivity index (χ2n) is 9.42. The zero-order valence-electron chi connectivity index (χ0n) is 19.2. The predicted molar refractivity (Wildman–Crippen MR) is 129 cm³/mol. The van der Waals surface area contributed by atoms with Crippen molar-refractivity contribution < 1.29 is 9.59 Å². The maximum absolute atomic E-state index is 13.2. The number of piperazine rings is 1. The van der Waals surface area contributed by atoms with Crippen LogP contribution in [-0.4, -0.2) is 69.9 Å². The normalized spacial score (nSPS) is 25.8. The van der Waals surface area contributed by atoms with Gasteiger partial charge in [-0.15, -0.1) is 0 Å². The average Bonchev–Trinajstić information content (AvgIpc) is 3.08. The molecule has 10 heteroatoms. The molecule has 3 fully saturated rings. The molecule has 2 atom stereocenters. The number of para-hydroxylation sites is 1. The van der Waals surface area contributed by atoms with Crippen LogP contribution in [0.2, 0.25) is 5.02 Å². The maximum atomic E-state index is 13.2. The summed E-state index contributed by atoms with van der Waals surface area (Å²) in [6.07, 6.45) is 5.35. The summed E-state index contributed by atoms with van der Waals surface area (Å²) in [4.78, 5) is 44.2. The van der Waals surface area contributed by atoms with Crippen molar-refractivity contribution in [1.82, 2.24) is 24.9 Å². The third kappa shape index (κ3) is 3.86. The monoisotopic (exact) mass is 484 g/mol. The molecule has 2 aliphatic heterocycles. The van der Waals surface area contributed by atoms with Crippen LogP contribution in [-0.2, 0) is 4.79 Å². The Labute approximate surface area is 203 Å². The van der Waals surface area contributed by atoms with Gasteiger partial charge in [0.05, 0.1) is 24.2 Å². The number of benzene rings is 1. The third-order valence-corrected chi connectivity index (χ3v) is 7.81. The number of carbonyl (C=O) groups is 2. The number of rotatable bonds is 4. The minimum atomic E-state index is -0.737. The van der Waals surface area contributed by atoms with Crippen LogP contribution in [0.3, 0.4) is 0 Å². The fourth-order valence-electron chi connectivity index (χ4n) is 5.35. The number of hydrogen-bond donors (Lipinski definition) is 1. The Balaban J connectivity index is 1.24. The summed E-state index contributed by atoms with van der Waals surface area (Å²) in [5.41, 5.74) is 0.158. The molecule has 0 unspecified atom stereocenters. The third-order valence-electron chi connectivity index (χ3n) is 7.46. The lowest BCUT2D eigenvalue weighted by Crippen LogP contribution is -2.55. The maximum Gasteiger partial charge on any atom is 0.326 e. The van der Waals surface area contributed by atoms with E-state index >= 15 is 0 Å². The topological polar surface area (TPSA) is 90.8 Å². The van der Waals surface area contributed by atoms with Gasteiger partial charge in [0, 0.05) is 26.2 Å². The van der Waals surface area contributed by atoms with E-state index < -0.39 is 5.54 Å². The first kappa shape index (κ1) is 22.9. The highest BCUT2D eigenvalue weighted by atomic mass is 35.5. The van der Waals surface area contributed by atoms with Gasteiger partial charge in [0.25, 0.3) is 11.5 Å². The van der Waals surface area contributed by atoms with Crippen molar-refractivity contribution in [1.29, 1.82) is 0 Å². The van der Waals surface area contributed by atoms with E-state index in [2.05, 4.69) is 22.2 Å². The first-order valence-corrected chi connectivity index (χ1v) is 12.2. The number of halogens is 1. The first-order valence-electron chi connectivity index (χ1n) is 11.9. The highest BCUT2D eigenvalue weighted by Crippen LogP contribution is 2.38. The molecule has 180 valence electrons. The molecule has 0 bridgehead atoms. The molecule has 1 aromatic carbocycles. The minimum absolute atomic E-state index is 0.0936. The molecule has 3 aliphatic rings. The minimum Gasteiger partial charge on any atom is -0.366 e. The number of urea groups is 1. The molecular weight excluding hydrogens is 456 g/mol. The molecule has 1 N–H and O–H groups in total. The lowest BCUT2D eigenvalue weighted by molar-refractivity contribution is -0.135. The molecule has 1 aliphatic carbocycles. The smallest absolute Gasteiger partial charge is 0.326 e. The Bertz CT molecular complexity index is 1150. The van der Waals surface area contributed by atoms with Crippen molar-refractivity contribution in [2.75, 3.05) is 37.7 Å². The summed E-state index contributed by atoms with van der Waals surface area (Å²) in [5, 5.41) is 7.47. The highest BCUT2D eigenvalue weighted by Gasteiger charge is 2.55. The van der Waals surface area contributed by atoms with E-state index in [-0.39, 0.29) is 35.1 Å². The fraction of sp³-hybridized carbons (Fsp3) is 0.500. The molecule has 5 rings (SSSR count). The number of nitrogens with one attached hydrogen (secondary N) is 1. The molecule has 1 aromatic heterocycles. The Morgan fingerprint density at radius 3 is 2.53 bits per heavy atom. The van der Waals surface area contributed by atoms with Gasteiger partial charge in [0.2, 0.25) is 0 Å². The van der Waals surface area contributed by atoms with E-state index in [0.29, 0.717) is 44.0 Å². The van der Waals surface area contributed by atoms with Crippen LogP contribution in [0.1, 0.15) is 32.6 Å². The SMILES string of the molecule is C[C@H]1CCCC[C@@]12NC(=O)N(CN1CCN(c3cnn(-c4ccccc4)c(=O)c3Cl)CC1)C2=O. The van der Waals surface area contributed by atoms with Crippen LogP contribution in [0.5, 0.6) is 0 Å². The molecule has 0 radical (unpaired) electrons. The van der Waals surface area contributed by atoms with Crippen LogP contribution in [0.15, 0.2) is 41.3 Å². The number of aromatic nitrogens is 2. The predicted octanol–water partition coefficient (Wildman–Crippen LogP) is 2.47. The molecule has 34 heavy (non-hydrogen) atoms. The van der Waals surface area contributed by atoms with Gasteiger partial charge in [-0.05, 0) is 30.9 Å². The molecule has 3 heterocycles. The fourth-order valence-corrected chi connectivity index (χ4v) is 5.60. The zero-order chi connectivity index (χ0) is 23.9. The highest BCUT2D eigenvalue weighted by molar-refractivity contribution is 6.33. The number of carbonyl (C=O) groups excluding carboxylic acids is 2. The molecule has 9 nitrogen and oxygen atoms in total.